The molecule has 5 heteroatoms. The fraction of sp³-hybridized carbons (Fsp3) is 0. The number of benzene rings is 2. The Kier molecular flexibility index (Phi) is 4.08. The van der Waals surface area contributed by atoms with E-state index in [-0.39, 0.29) is 5.57 Å². The van der Waals surface area contributed by atoms with Crippen LogP contribution in [0.3, 0.4) is 0 Å². The Hall–Kier alpha value is -2.72. The molecule has 0 amide bonds. The molecule has 0 aromatic heterocycles. The number of fused-ring (bicyclic) bond motifs is 1. The minimum atomic E-state index is 0.0570. The SMILES string of the molecule is N#CC(C#N)=C1C=C(c2ccc(Cl)cc2Cl)Nc2ccccc21. The van der Waals surface area contributed by atoms with E-state index in [2.05, 4.69) is 5.32 Å². The molecule has 0 saturated carbocycles. The molecule has 0 unspecified atom stereocenters. The summed E-state index contributed by atoms with van der Waals surface area (Å²) in [6.45, 7) is 0. The lowest BCUT2D eigenvalue weighted by Crippen LogP contribution is -2.08. The predicted molar refractivity (Wildman–Crippen MR) is 92.6 cm³/mol. The zero-order valence-electron chi connectivity index (χ0n) is 11.8. The Morgan fingerprint density at radius 3 is 2.39 bits per heavy atom. The zero-order chi connectivity index (χ0) is 16.4. The van der Waals surface area contributed by atoms with E-state index in [4.69, 9.17) is 23.2 Å². The molecule has 3 nitrogen and oxygen atoms in total. The largest absolute Gasteiger partial charge is 0.354 e. The third kappa shape index (κ3) is 2.81. The number of nitrogens with one attached hydrogen (secondary N) is 1. The summed E-state index contributed by atoms with van der Waals surface area (Å²) in [6.07, 6.45) is 1.76. The topological polar surface area (TPSA) is 59.6 Å². The molecule has 0 radical (unpaired) electrons. The van der Waals surface area contributed by atoms with E-state index >= 15 is 0 Å². The highest BCUT2D eigenvalue weighted by atomic mass is 35.5. The van der Waals surface area contributed by atoms with Crippen molar-refractivity contribution in [2.45, 2.75) is 0 Å². The summed E-state index contributed by atoms with van der Waals surface area (Å²) in [6, 6.07) is 16.6. The van der Waals surface area contributed by atoms with Crippen molar-refractivity contribution in [1.82, 2.24) is 0 Å². The van der Waals surface area contributed by atoms with Gasteiger partial charge in [-0.1, -0.05) is 41.4 Å². The van der Waals surface area contributed by atoms with Crippen LogP contribution in [0.25, 0.3) is 11.3 Å². The molecule has 0 bridgehead atoms. The van der Waals surface area contributed by atoms with Crippen LogP contribution in [-0.4, -0.2) is 0 Å². The molecule has 1 heterocycles. The molecule has 1 aliphatic heterocycles. The van der Waals surface area contributed by atoms with Crippen LogP contribution >= 0.6 is 23.2 Å². The second-order valence-electron chi connectivity index (χ2n) is 4.87. The average molecular weight is 338 g/mol. The number of para-hydroxylation sites is 1. The average Bonchev–Trinajstić information content (AvgIpc) is 2.55. The number of allylic oxidation sites excluding steroid dienone is 3. The highest BCUT2D eigenvalue weighted by molar-refractivity contribution is 6.36. The van der Waals surface area contributed by atoms with Crippen LogP contribution in [0, 0.1) is 22.7 Å². The summed E-state index contributed by atoms with van der Waals surface area (Å²) in [4.78, 5) is 0. The van der Waals surface area contributed by atoms with E-state index in [0.29, 0.717) is 21.3 Å². The first-order chi connectivity index (χ1) is 11.1. The van der Waals surface area contributed by atoms with Gasteiger partial charge in [0, 0.05) is 33.1 Å². The highest BCUT2D eigenvalue weighted by Crippen LogP contribution is 2.38. The maximum Gasteiger partial charge on any atom is 0.137 e. The molecule has 0 aliphatic carbocycles. The number of hydrogen-bond acceptors (Lipinski definition) is 3. The van der Waals surface area contributed by atoms with Crippen molar-refractivity contribution in [1.29, 1.82) is 10.5 Å². The Morgan fingerprint density at radius 2 is 1.70 bits per heavy atom. The van der Waals surface area contributed by atoms with Crippen molar-refractivity contribution in [2.75, 3.05) is 5.32 Å². The lowest BCUT2D eigenvalue weighted by Gasteiger charge is -2.22. The number of nitrogens with zero attached hydrogens (tertiary/aromatic N) is 2. The first-order valence-electron chi connectivity index (χ1n) is 6.72. The van der Waals surface area contributed by atoms with Gasteiger partial charge in [-0.25, -0.2) is 0 Å². The number of rotatable bonds is 1. The van der Waals surface area contributed by atoms with Crippen LogP contribution in [0.5, 0.6) is 0 Å². The van der Waals surface area contributed by atoms with Crippen molar-refractivity contribution in [3.8, 4) is 12.1 Å². The fourth-order valence-corrected chi connectivity index (χ4v) is 2.95. The molecule has 0 fully saturated rings. The molecule has 2 aromatic carbocycles. The third-order valence-corrected chi connectivity index (χ3v) is 4.04. The molecule has 1 N–H and O–H groups in total. The fourth-order valence-electron chi connectivity index (χ4n) is 2.44. The molecule has 3 rings (SSSR count). The van der Waals surface area contributed by atoms with Crippen molar-refractivity contribution in [3.05, 3.63) is 75.3 Å². The minimum absolute atomic E-state index is 0.0570. The number of halogens is 2. The minimum Gasteiger partial charge on any atom is -0.354 e. The van der Waals surface area contributed by atoms with Gasteiger partial charge in [-0.15, -0.1) is 0 Å². The summed E-state index contributed by atoms with van der Waals surface area (Å²) in [5.41, 5.74) is 3.71. The van der Waals surface area contributed by atoms with Gasteiger partial charge < -0.3 is 5.32 Å². The van der Waals surface area contributed by atoms with Crippen LogP contribution in [0.1, 0.15) is 11.1 Å². The predicted octanol–water partition coefficient (Wildman–Crippen LogP) is 5.26. The lowest BCUT2D eigenvalue weighted by atomic mass is 9.93. The van der Waals surface area contributed by atoms with E-state index in [1.54, 1.807) is 24.3 Å². The third-order valence-electron chi connectivity index (χ3n) is 3.49. The van der Waals surface area contributed by atoms with E-state index in [1.165, 1.54) is 0 Å². The Labute approximate surface area is 143 Å². The van der Waals surface area contributed by atoms with Crippen LogP contribution in [0.15, 0.2) is 54.1 Å². The van der Waals surface area contributed by atoms with E-state index in [9.17, 15) is 10.5 Å². The molecular weight excluding hydrogens is 329 g/mol. The smallest absolute Gasteiger partial charge is 0.137 e. The standard InChI is InChI=1S/C18H9Cl2N3/c19-12-5-6-14(16(20)7-12)18-8-15(11(9-21)10-22)13-3-1-2-4-17(13)23-18/h1-8,23H. The quantitative estimate of drug-likeness (QED) is 0.722. The molecule has 110 valence electrons. The van der Waals surface area contributed by atoms with Crippen LogP contribution < -0.4 is 5.32 Å². The maximum absolute atomic E-state index is 9.23. The molecule has 0 spiro atoms. The first-order valence-corrected chi connectivity index (χ1v) is 7.47. The normalized spacial score (nSPS) is 12.3. The van der Waals surface area contributed by atoms with Crippen LogP contribution in [-0.2, 0) is 0 Å². The van der Waals surface area contributed by atoms with Crippen LogP contribution in [0.2, 0.25) is 10.0 Å². The second-order valence-corrected chi connectivity index (χ2v) is 5.71. The molecule has 1 aliphatic rings. The summed E-state index contributed by atoms with van der Waals surface area (Å²) in [5.74, 6) is 0. The monoisotopic (exact) mass is 337 g/mol. The van der Waals surface area contributed by atoms with Gasteiger partial charge >= 0.3 is 0 Å². The maximum atomic E-state index is 9.23. The van der Waals surface area contributed by atoms with Gasteiger partial charge in [0.1, 0.15) is 17.7 Å². The summed E-state index contributed by atoms with van der Waals surface area (Å²) < 4.78 is 0. The van der Waals surface area contributed by atoms with Gasteiger partial charge in [-0.3, -0.25) is 0 Å². The zero-order valence-corrected chi connectivity index (χ0v) is 13.3. The Bertz CT molecular complexity index is 927. The second kappa shape index (κ2) is 6.18. The van der Waals surface area contributed by atoms with Gasteiger partial charge in [0.15, 0.2) is 0 Å². The van der Waals surface area contributed by atoms with Gasteiger partial charge in [0.25, 0.3) is 0 Å². The highest BCUT2D eigenvalue weighted by Gasteiger charge is 2.19. The van der Waals surface area contributed by atoms with Crippen molar-refractivity contribution in [2.24, 2.45) is 0 Å². The molecule has 2 aromatic rings. The summed E-state index contributed by atoms with van der Waals surface area (Å²) in [7, 11) is 0. The van der Waals surface area contributed by atoms with E-state index in [1.807, 2.05) is 36.4 Å². The van der Waals surface area contributed by atoms with Gasteiger partial charge in [0.2, 0.25) is 0 Å². The Balaban J connectivity index is 2.24. The van der Waals surface area contributed by atoms with Crippen molar-refractivity contribution in [3.63, 3.8) is 0 Å². The number of hydrogen-bond donors (Lipinski definition) is 1. The van der Waals surface area contributed by atoms with Gasteiger partial charge in [-0.2, -0.15) is 10.5 Å². The van der Waals surface area contributed by atoms with E-state index < -0.39 is 0 Å². The lowest BCUT2D eigenvalue weighted by molar-refractivity contribution is 1.43. The molecule has 0 atom stereocenters. The molecule has 23 heavy (non-hydrogen) atoms. The van der Waals surface area contributed by atoms with E-state index in [0.717, 1.165) is 16.8 Å². The summed E-state index contributed by atoms with van der Waals surface area (Å²) in [5, 5.41) is 22.8. The molecular formula is C18H9Cl2N3. The number of anilines is 1. The van der Waals surface area contributed by atoms with Gasteiger partial charge in [0.05, 0.1) is 5.02 Å². The van der Waals surface area contributed by atoms with Crippen molar-refractivity contribution < 1.29 is 0 Å². The first kappa shape index (κ1) is 15.2. The Morgan fingerprint density at radius 1 is 0.957 bits per heavy atom. The molecule has 0 saturated heterocycles. The van der Waals surface area contributed by atoms with Crippen molar-refractivity contribution >= 4 is 40.2 Å². The summed E-state index contributed by atoms with van der Waals surface area (Å²) >= 11 is 12.2. The number of nitriles is 2. The van der Waals surface area contributed by atoms with Gasteiger partial charge in [-0.05, 0) is 30.3 Å². The van der Waals surface area contributed by atoms with Crippen LogP contribution in [0.4, 0.5) is 5.69 Å².